The van der Waals surface area contributed by atoms with Gasteiger partial charge in [0.05, 0.1) is 14.2 Å². The van der Waals surface area contributed by atoms with Crippen LogP contribution >= 0.6 is 0 Å². The maximum Gasteiger partial charge on any atom is 0.280 e. The maximum absolute atomic E-state index is 12.6. The quantitative estimate of drug-likeness (QED) is 0.831. The summed E-state index contributed by atoms with van der Waals surface area (Å²) in [6, 6.07) is 1.42. The molecule has 0 aromatic carbocycles. The van der Waals surface area contributed by atoms with Crippen LogP contribution in [0.3, 0.4) is 0 Å². The van der Waals surface area contributed by atoms with Gasteiger partial charge in [0.25, 0.3) is 6.43 Å². The average Bonchev–Trinajstić information content (AvgIpc) is 2.26. The Hall–Kier alpha value is -1.43. The van der Waals surface area contributed by atoms with Crippen LogP contribution in [-0.2, 0) is 6.54 Å². The highest BCUT2D eigenvalue weighted by Crippen LogP contribution is 2.31. The summed E-state index contributed by atoms with van der Waals surface area (Å²) in [6.45, 7) is -0.0557. The number of rotatable bonds is 4. The van der Waals surface area contributed by atoms with Crippen molar-refractivity contribution in [2.24, 2.45) is 5.73 Å². The van der Waals surface area contributed by atoms with Gasteiger partial charge in [-0.15, -0.1) is 0 Å². The molecule has 0 spiro atoms. The second-order valence-electron chi connectivity index (χ2n) is 2.74. The Balaban J connectivity index is 3.32. The van der Waals surface area contributed by atoms with E-state index in [4.69, 9.17) is 15.2 Å². The largest absolute Gasteiger partial charge is 0.496 e. The third kappa shape index (κ3) is 2.33. The van der Waals surface area contributed by atoms with Gasteiger partial charge < -0.3 is 15.2 Å². The van der Waals surface area contributed by atoms with Gasteiger partial charge in [-0.25, -0.2) is 13.8 Å². The van der Waals surface area contributed by atoms with Crippen LogP contribution < -0.4 is 15.2 Å². The molecule has 4 nitrogen and oxygen atoms in total. The third-order valence-electron chi connectivity index (χ3n) is 1.93. The second-order valence-corrected chi connectivity index (χ2v) is 2.74. The van der Waals surface area contributed by atoms with Gasteiger partial charge in [-0.2, -0.15) is 0 Å². The fourth-order valence-electron chi connectivity index (χ4n) is 1.22. The molecule has 6 heteroatoms. The lowest BCUT2D eigenvalue weighted by atomic mass is 10.1. The van der Waals surface area contributed by atoms with Gasteiger partial charge in [-0.1, -0.05) is 0 Å². The van der Waals surface area contributed by atoms with Gasteiger partial charge in [0.15, 0.2) is 0 Å². The number of methoxy groups -OCH3 is 2. The Bertz CT molecular complexity index is 345. The average molecular weight is 218 g/mol. The van der Waals surface area contributed by atoms with Crippen molar-refractivity contribution in [2.45, 2.75) is 13.0 Å². The van der Waals surface area contributed by atoms with E-state index in [1.807, 2.05) is 0 Å². The smallest absolute Gasteiger partial charge is 0.280 e. The van der Waals surface area contributed by atoms with Gasteiger partial charge in [-0.05, 0) is 0 Å². The van der Waals surface area contributed by atoms with Crippen LogP contribution in [0.1, 0.15) is 17.7 Å². The number of hydrogen-bond acceptors (Lipinski definition) is 4. The molecule has 1 aromatic heterocycles. The number of pyridine rings is 1. The molecule has 1 aromatic rings. The summed E-state index contributed by atoms with van der Waals surface area (Å²) in [5, 5.41) is 0. The number of ether oxygens (including phenoxy) is 2. The highest BCUT2D eigenvalue weighted by molar-refractivity contribution is 5.41. The molecule has 0 radical (unpaired) electrons. The van der Waals surface area contributed by atoms with E-state index in [1.165, 1.54) is 20.3 Å². The van der Waals surface area contributed by atoms with Gasteiger partial charge in [0, 0.05) is 18.2 Å². The van der Waals surface area contributed by atoms with Crippen molar-refractivity contribution in [3.63, 3.8) is 0 Å². The SMILES string of the molecule is COc1cc(OC)c(CN)c(C(F)F)n1. The number of aromatic nitrogens is 1. The lowest BCUT2D eigenvalue weighted by molar-refractivity contribution is 0.143. The minimum Gasteiger partial charge on any atom is -0.496 e. The van der Waals surface area contributed by atoms with Crippen molar-refractivity contribution in [1.82, 2.24) is 4.98 Å². The van der Waals surface area contributed by atoms with E-state index in [0.29, 0.717) is 0 Å². The summed E-state index contributed by atoms with van der Waals surface area (Å²) in [5.41, 5.74) is 5.17. The van der Waals surface area contributed by atoms with Crippen molar-refractivity contribution in [1.29, 1.82) is 0 Å². The summed E-state index contributed by atoms with van der Waals surface area (Å²) >= 11 is 0. The minimum absolute atomic E-state index is 0.0557. The zero-order valence-electron chi connectivity index (χ0n) is 8.46. The maximum atomic E-state index is 12.6. The van der Waals surface area contributed by atoms with Crippen LogP contribution in [0.2, 0.25) is 0 Å². The molecule has 0 unspecified atom stereocenters. The van der Waals surface area contributed by atoms with Crippen molar-refractivity contribution < 1.29 is 18.3 Å². The molecule has 0 aliphatic heterocycles. The van der Waals surface area contributed by atoms with E-state index in [1.54, 1.807) is 0 Å². The molecular weight excluding hydrogens is 206 g/mol. The molecule has 0 atom stereocenters. The first-order valence-electron chi connectivity index (χ1n) is 4.24. The molecule has 84 valence electrons. The minimum atomic E-state index is -2.70. The van der Waals surface area contributed by atoms with Crippen molar-refractivity contribution >= 4 is 0 Å². The van der Waals surface area contributed by atoms with Gasteiger partial charge in [0.1, 0.15) is 11.4 Å². The summed E-state index contributed by atoms with van der Waals surface area (Å²) in [5.74, 6) is 0.346. The number of hydrogen-bond donors (Lipinski definition) is 1. The molecule has 15 heavy (non-hydrogen) atoms. The van der Waals surface area contributed by atoms with Gasteiger partial charge >= 0.3 is 0 Å². The van der Waals surface area contributed by atoms with E-state index in [9.17, 15) is 8.78 Å². The van der Waals surface area contributed by atoms with Crippen molar-refractivity contribution in [3.05, 3.63) is 17.3 Å². The first kappa shape index (κ1) is 11.6. The topological polar surface area (TPSA) is 57.4 Å². The Kier molecular flexibility index (Phi) is 3.79. The van der Waals surface area contributed by atoms with Crippen LogP contribution in [0, 0.1) is 0 Å². The van der Waals surface area contributed by atoms with E-state index in [2.05, 4.69) is 4.98 Å². The lowest BCUT2D eigenvalue weighted by Crippen LogP contribution is -2.08. The van der Waals surface area contributed by atoms with E-state index < -0.39 is 12.1 Å². The first-order chi connectivity index (χ1) is 7.13. The predicted molar refractivity (Wildman–Crippen MR) is 50.2 cm³/mol. The number of nitrogens with zero attached hydrogens (tertiary/aromatic N) is 1. The monoisotopic (exact) mass is 218 g/mol. The first-order valence-corrected chi connectivity index (χ1v) is 4.24. The molecule has 0 aliphatic rings. The highest BCUT2D eigenvalue weighted by Gasteiger charge is 2.19. The van der Waals surface area contributed by atoms with Crippen molar-refractivity contribution in [2.75, 3.05) is 14.2 Å². The Labute approximate surface area is 86.0 Å². The molecule has 1 heterocycles. The summed E-state index contributed by atoms with van der Waals surface area (Å²) in [7, 11) is 2.72. The molecular formula is C9H12F2N2O2. The molecule has 1 rings (SSSR count). The number of halogens is 2. The van der Waals surface area contributed by atoms with E-state index >= 15 is 0 Å². The summed E-state index contributed by atoms with van der Waals surface area (Å²) < 4.78 is 35.0. The zero-order chi connectivity index (χ0) is 11.4. The normalized spacial score (nSPS) is 10.5. The Morgan fingerprint density at radius 3 is 2.47 bits per heavy atom. The molecule has 0 amide bonds. The van der Waals surface area contributed by atoms with Crippen LogP contribution in [0.5, 0.6) is 11.6 Å². The summed E-state index contributed by atoms with van der Waals surface area (Å²) in [4.78, 5) is 3.64. The molecule has 2 N–H and O–H groups in total. The fourth-order valence-corrected chi connectivity index (χ4v) is 1.22. The van der Waals surface area contributed by atoms with Gasteiger partial charge in [0.2, 0.25) is 5.88 Å². The van der Waals surface area contributed by atoms with Gasteiger partial charge in [-0.3, -0.25) is 0 Å². The zero-order valence-corrected chi connectivity index (χ0v) is 8.46. The van der Waals surface area contributed by atoms with E-state index in [0.717, 1.165) is 0 Å². The molecule has 0 aliphatic carbocycles. The lowest BCUT2D eigenvalue weighted by Gasteiger charge is -2.12. The fraction of sp³-hybridized carbons (Fsp3) is 0.444. The Morgan fingerprint density at radius 2 is 2.07 bits per heavy atom. The molecule has 0 saturated heterocycles. The Morgan fingerprint density at radius 1 is 1.40 bits per heavy atom. The second kappa shape index (κ2) is 4.88. The molecule has 0 saturated carbocycles. The van der Waals surface area contributed by atoms with E-state index in [-0.39, 0.29) is 23.7 Å². The standard InChI is InChI=1S/C9H12F2N2O2/c1-14-6-3-7(15-2)13-8(9(10)11)5(6)4-12/h3,9H,4,12H2,1-2H3. The molecule has 0 bridgehead atoms. The van der Waals surface area contributed by atoms with Crippen LogP contribution in [0.15, 0.2) is 6.07 Å². The highest BCUT2D eigenvalue weighted by atomic mass is 19.3. The van der Waals surface area contributed by atoms with Crippen LogP contribution in [0.4, 0.5) is 8.78 Å². The van der Waals surface area contributed by atoms with Crippen molar-refractivity contribution in [3.8, 4) is 11.6 Å². The summed E-state index contributed by atoms with van der Waals surface area (Å²) in [6.07, 6.45) is -2.70. The predicted octanol–water partition coefficient (Wildman–Crippen LogP) is 1.50. The van der Waals surface area contributed by atoms with Crippen LogP contribution in [-0.4, -0.2) is 19.2 Å². The number of alkyl halides is 2. The number of nitrogens with two attached hydrogens (primary N) is 1. The molecule has 0 fully saturated rings. The third-order valence-corrected chi connectivity index (χ3v) is 1.93. The van der Waals surface area contributed by atoms with Crippen LogP contribution in [0.25, 0.3) is 0 Å².